The van der Waals surface area contributed by atoms with E-state index < -0.39 is 12.2 Å². The van der Waals surface area contributed by atoms with Crippen molar-refractivity contribution in [2.75, 3.05) is 26.2 Å². The molecule has 0 aromatic heterocycles. The molecule has 1 fully saturated rings. The highest BCUT2D eigenvalue weighted by Crippen LogP contribution is 2.30. The predicted molar refractivity (Wildman–Crippen MR) is 108 cm³/mol. The summed E-state index contributed by atoms with van der Waals surface area (Å²) in [6.07, 6.45) is 0.576. The number of hydrogen-bond donors (Lipinski definition) is 2. The van der Waals surface area contributed by atoms with E-state index in [4.69, 9.17) is 4.74 Å². The lowest BCUT2D eigenvalue weighted by Crippen LogP contribution is -2.41. The van der Waals surface area contributed by atoms with Crippen molar-refractivity contribution in [2.24, 2.45) is 5.92 Å². The van der Waals surface area contributed by atoms with Crippen LogP contribution >= 0.6 is 0 Å². The number of aliphatic hydroxyl groups is 2. The number of aliphatic hydroxyl groups excluding tert-OH is 2. The smallest absolute Gasteiger partial charge is 0.123 e. The summed E-state index contributed by atoms with van der Waals surface area (Å²) in [7, 11) is 0. The lowest BCUT2D eigenvalue weighted by Gasteiger charge is -2.35. The molecule has 2 unspecified atom stereocenters. The molecule has 1 aliphatic heterocycles. The van der Waals surface area contributed by atoms with Crippen LogP contribution in [-0.4, -0.2) is 47.5 Å². The maximum absolute atomic E-state index is 13.1. The van der Waals surface area contributed by atoms with Crippen molar-refractivity contribution < 1.29 is 19.3 Å². The van der Waals surface area contributed by atoms with Crippen molar-refractivity contribution >= 4 is 0 Å². The SMILES string of the molecule is Cc1cc(C)cc(OCC(O)CN2CCC(C(O)c3ccc(F)cc3)CC2)c1. The minimum Gasteiger partial charge on any atom is -0.491 e. The second kappa shape index (κ2) is 9.50. The standard InChI is InChI=1S/C23H30FNO3/c1-16-11-17(2)13-22(12-16)28-15-21(26)14-25-9-7-19(8-10-25)23(27)18-3-5-20(24)6-4-18/h3-6,11-13,19,21,23,26-27H,7-10,14-15H2,1-2H3. The fourth-order valence-electron chi connectivity index (χ4n) is 3.94. The van der Waals surface area contributed by atoms with Gasteiger partial charge in [-0.15, -0.1) is 0 Å². The van der Waals surface area contributed by atoms with Gasteiger partial charge in [0.25, 0.3) is 0 Å². The van der Waals surface area contributed by atoms with E-state index in [9.17, 15) is 14.6 Å². The van der Waals surface area contributed by atoms with E-state index in [0.717, 1.165) is 48.4 Å². The van der Waals surface area contributed by atoms with Crippen LogP contribution < -0.4 is 4.74 Å². The van der Waals surface area contributed by atoms with Crippen molar-refractivity contribution in [1.82, 2.24) is 4.90 Å². The molecule has 1 saturated heterocycles. The van der Waals surface area contributed by atoms with Crippen LogP contribution in [-0.2, 0) is 0 Å². The lowest BCUT2D eigenvalue weighted by molar-refractivity contribution is 0.0278. The van der Waals surface area contributed by atoms with Gasteiger partial charge >= 0.3 is 0 Å². The Labute approximate surface area is 166 Å². The molecule has 0 bridgehead atoms. The van der Waals surface area contributed by atoms with E-state index in [1.165, 1.54) is 12.1 Å². The number of benzene rings is 2. The Morgan fingerprint density at radius 3 is 2.25 bits per heavy atom. The second-order valence-corrected chi connectivity index (χ2v) is 7.92. The van der Waals surface area contributed by atoms with Crippen LogP contribution in [0.4, 0.5) is 4.39 Å². The van der Waals surface area contributed by atoms with E-state index >= 15 is 0 Å². The van der Waals surface area contributed by atoms with Crippen molar-refractivity contribution in [3.63, 3.8) is 0 Å². The fraction of sp³-hybridized carbons (Fsp3) is 0.478. The number of nitrogens with zero attached hydrogens (tertiary/aromatic N) is 1. The highest BCUT2D eigenvalue weighted by Gasteiger charge is 2.27. The minimum absolute atomic E-state index is 0.158. The number of hydrogen-bond acceptors (Lipinski definition) is 4. The van der Waals surface area contributed by atoms with E-state index in [1.54, 1.807) is 12.1 Å². The zero-order chi connectivity index (χ0) is 20.1. The molecule has 2 N–H and O–H groups in total. The third-order valence-electron chi connectivity index (χ3n) is 5.40. The van der Waals surface area contributed by atoms with E-state index in [2.05, 4.69) is 11.0 Å². The predicted octanol–water partition coefficient (Wildman–Crippen LogP) is 3.63. The van der Waals surface area contributed by atoms with Gasteiger partial charge in [-0.25, -0.2) is 4.39 Å². The first-order valence-corrected chi connectivity index (χ1v) is 9.96. The van der Waals surface area contributed by atoms with Crippen LogP contribution in [0.5, 0.6) is 5.75 Å². The maximum atomic E-state index is 13.1. The van der Waals surface area contributed by atoms with Gasteiger partial charge in [0, 0.05) is 6.54 Å². The molecule has 0 aliphatic carbocycles. The Morgan fingerprint density at radius 2 is 1.64 bits per heavy atom. The molecule has 4 nitrogen and oxygen atoms in total. The maximum Gasteiger partial charge on any atom is 0.123 e. The summed E-state index contributed by atoms with van der Waals surface area (Å²) in [6.45, 7) is 6.53. The number of aryl methyl sites for hydroxylation is 2. The first kappa shape index (κ1) is 20.8. The Kier molecular flexibility index (Phi) is 7.05. The quantitative estimate of drug-likeness (QED) is 0.762. The molecule has 2 aromatic carbocycles. The van der Waals surface area contributed by atoms with E-state index in [0.29, 0.717) is 6.54 Å². The molecule has 0 saturated carbocycles. The number of ether oxygens (including phenoxy) is 1. The van der Waals surface area contributed by atoms with E-state index in [-0.39, 0.29) is 18.3 Å². The Morgan fingerprint density at radius 1 is 1.04 bits per heavy atom. The summed E-state index contributed by atoms with van der Waals surface area (Å²) in [5.74, 6) is 0.658. The van der Waals surface area contributed by atoms with Crippen molar-refractivity contribution in [3.05, 3.63) is 65.0 Å². The van der Waals surface area contributed by atoms with Crippen molar-refractivity contribution in [3.8, 4) is 5.75 Å². The highest BCUT2D eigenvalue weighted by atomic mass is 19.1. The molecule has 0 spiro atoms. The average Bonchev–Trinajstić information content (AvgIpc) is 2.66. The topological polar surface area (TPSA) is 52.9 Å². The van der Waals surface area contributed by atoms with Crippen LogP contribution in [0.1, 0.15) is 35.6 Å². The van der Waals surface area contributed by atoms with Crippen molar-refractivity contribution in [2.45, 2.75) is 38.9 Å². The largest absolute Gasteiger partial charge is 0.491 e. The first-order chi connectivity index (χ1) is 13.4. The number of piperidine rings is 1. The molecule has 1 aliphatic rings. The third-order valence-corrected chi connectivity index (χ3v) is 5.40. The Bertz CT molecular complexity index is 737. The van der Waals surface area contributed by atoms with Crippen molar-refractivity contribution in [1.29, 1.82) is 0 Å². The molecule has 0 radical (unpaired) electrons. The molecule has 28 heavy (non-hydrogen) atoms. The highest BCUT2D eigenvalue weighted by molar-refractivity contribution is 5.33. The van der Waals surface area contributed by atoms with Gasteiger partial charge in [-0.2, -0.15) is 0 Å². The molecular weight excluding hydrogens is 357 g/mol. The summed E-state index contributed by atoms with van der Waals surface area (Å²) in [6, 6.07) is 12.1. The zero-order valence-electron chi connectivity index (χ0n) is 16.6. The van der Waals surface area contributed by atoms with Gasteiger partial charge in [0.2, 0.25) is 0 Å². The Hall–Kier alpha value is -1.95. The van der Waals surface area contributed by atoms with Gasteiger partial charge in [0.05, 0.1) is 6.10 Å². The van der Waals surface area contributed by atoms with Crippen LogP contribution in [0.15, 0.2) is 42.5 Å². The fourth-order valence-corrected chi connectivity index (χ4v) is 3.94. The third kappa shape index (κ3) is 5.77. The summed E-state index contributed by atoms with van der Waals surface area (Å²) >= 11 is 0. The molecule has 2 aromatic rings. The van der Waals surface area contributed by atoms with Gasteiger partial charge < -0.3 is 19.8 Å². The van der Waals surface area contributed by atoms with Gasteiger partial charge in [-0.1, -0.05) is 18.2 Å². The molecule has 3 rings (SSSR count). The number of rotatable bonds is 7. The summed E-state index contributed by atoms with van der Waals surface area (Å²) in [4.78, 5) is 2.21. The molecule has 2 atom stereocenters. The first-order valence-electron chi connectivity index (χ1n) is 9.96. The second-order valence-electron chi connectivity index (χ2n) is 7.92. The summed E-state index contributed by atoms with van der Waals surface area (Å²) in [5, 5.41) is 20.9. The number of halogens is 1. The minimum atomic E-state index is -0.569. The van der Waals surface area contributed by atoms with Crippen LogP contribution in [0.2, 0.25) is 0 Å². The zero-order valence-corrected chi connectivity index (χ0v) is 16.6. The lowest BCUT2D eigenvalue weighted by atomic mass is 9.87. The number of β-amino-alcohol motifs (C(OH)–C–C–N with tert-alkyl or cyclic N) is 1. The molecule has 152 valence electrons. The van der Waals surface area contributed by atoms with Crippen LogP contribution in [0.3, 0.4) is 0 Å². The van der Waals surface area contributed by atoms with Gasteiger partial charge in [0.15, 0.2) is 0 Å². The van der Waals surface area contributed by atoms with Crippen LogP contribution in [0.25, 0.3) is 0 Å². The summed E-state index contributed by atoms with van der Waals surface area (Å²) in [5.41, 5.74) is 3.05. The van der Waals surface area contributed by atoms with Gasteiger partial charge in [-0.3, -0.25) is 0 Å². The van der Waals surface area contributed by atoms with Crippen LogP contribution in [0, 0.1) is 25.6 Å². The number of likely N-dealkylation sites (tertiary alicyclic amines) is 1. The molecule has 1 heterocycles. The molecule has 5 heteroatoms. The van der Waals surface area contributed by atoms with E-state index in [1.807, 2.05) is 26.0 Å². The molecular formula is C23H30FNO3. The average molecular weight is 387 g/mol. The van der Waals surface area contributed by atoms with Gasteiger partial charge in [-0.05, 0) is 86.7 Å². The Balaban J connectivity index is 1.42. The normalized spacial score (nSPS) is 18.0. The molecule has 0 amide bonds. The van der Waals surface area contributed by atoms with Gasteiger partial charge in [0.1, 0.15) is 24.3 Å². The summed E-state index contributed by atoms with van der Waals surface area (Å²) < 4.78 is 18.8. The monoisotopic (exact) mass is 387 g/mol.